The van der Waals surface area contributed by atoms with Crippen LogP contribution in [0, 0.1) is 5.82 Å². The van der Waals surface area contributed by atoms with Gasteiger partial charge in [-0.3, -0.25) is 9.89 Å². The van der Waals surface area contributed by atoms with Gasteiger partial charge in [-0.15, -0.1) is 0 Å². The molecule has 2 heterocycles. The highest BCUT2D eigenvalue weighted by molar-refractivity contribution is 7.91. The molecular formula is C15H16FN3O3S. The first-order valence-electron chi connectivity index (χ1n) is 7.23. The van der Waals surface area contributed by atoms with Crippen LogP contribution in [0.2, 0.25) is 0 Å². The second-order valence-corrected chi connectivity index (χ2v) is 7.75. The molecule has 1 amide bonds. The van der Waals surface area contributed by atoms with Crippen LogP contribution < -0.4 is 0 Å². The van der Waals surface area contributed by atoms with E-state index in [0.29, 0.717) is 5.56 Å². The summed E-state index contributed by atoms with van der Waals surface area (Å²) in [6.45, 7) is 0.347. The van der Waals surface area contributed by atoms with Crippen LogP contribution >= 0.6 is 0 Å². The first-order chi connectivity index (χ1) is 11.0. The Hall–Kier alpha value is -2.22. The van der Waals surface area contributed by atoms with E-state index in [-0.39, 0.29) is 36.7 Å². The molecule has 0 saturated carbocycles. The average Bonchev–Trinajstić information content (AvgIpc) is 3.00. The van der Waals surface area contributed by atoms with Gasteiger partial charge in [0.05, 0.1) is 22.8 Å². The molecule has 122 valence electrons. The Kier molecular flexibility index (Phi) is 4.16. The van der Waals surface area contributed by atoms with Crippen molar-refractivity contribution in [3.05, 3.63) is 53.6 Å². The first-order valence-corrected chi connectivity index (χ1v) is 8.94. The Morgan fingerprint density at radius 1 is 1.30 bits per heavy atom. The lowest BCUT2D eigenvalue weighted by Gasteiger charge is -2.19. The summed E-state index contributed by atoms with van der Waals surface area (Å²) in [5, 5.41) is 5.36. The van der Waals surface area contributed by atoms with Gasteiger partial charge in [0.25, 0.3) is 5.91 Å². The van der Waals surface area contributed by atoms with Gasteiger partial charge in [0, 0.05) is 24.8 Å². The molecule has 0 unspecified atom stereocenters. The molecule has 0 bridgehead atoms. The summed E-state index contributed by atoms with van der Waals surface area (Å²) in [5.41, 5.74) is 0.553. The number of benzene rings is 1. The van der Waals surface area contributed by atoms with Crippen LogP contribution in [0.25, 0.3) is 0 Å². The number of hydrogen-bond acceptors (Lipinski definition) is 4. The number of rotatable bonds is 2. The minimum atomic E-state index is -3.53. The average molecular weight is 337 g/mol. The molecule has 6 nitrogen and oxygen atoms in total. The van der Waals surface area contributed by atoms with Crippen molar-refractivity contribution in [2.24, 2.45) is 0 Å². The van der Waals surface area contributed by atoms with Crippen LogP contribution in [0.15, 0.2) is 36.7 Å². The Morgan fingerprint density at radius 2 is 2.09 bits per heavy atom. The smallest absolute Gasteiger partial charge is 0.257 e. The van der Waals surface area contributed by atoms with Crippen molar-refractivity contribution < 1.29 is 17.6 Å². The summed E-state index contributed by atoms with van der Waals surface area (Å²) in [7, 11) is -3.53. The fraction of sp³-hybridized carbons (Fsp3) is 0.333. The number of aromatic nitrogens is 2. The van der Waals surface area contributed by atoms with E-state index in [1.54, 1.807) is 6.07 Å². The lowest BCUT2D eigenvalue weighted by molar-refractivity contribution is 0.0766. The van der Waals surface area contributed by atoms with Crippen LogP contribution in [0.1, 0.15) is 27.6 Å². The van der Waals surface area contributed by atoms with Crippen molar-refractivity contribution in [3.8, 4) is 0 Å². The molecule has 1 saturated heterocycles. The van der Waals surface area contributed by atoms with Crippen molar-refractivity contribution in [1.82, 2.24) is 15.1 Å². The van der Waals surface area contributed by atoms with E-state index in [1.165, 1.54) is 35.5 Å². The second kappa shape index (κ2) is 6.11. The molecule has 0 spiro atoms. The van der Waals surface area contributed by atoms with Gasteiger partial charge < -0.3 is 4.90 Å². The van der Waals surface area contributed by atoms with E-state index >= 15 is 0 Å². The van der Waals surface area contributed by atoms with Gasteiger partial charge in [-0.2, -0.15) is 5.10 Å². The van der Waals surface area contributed by atoms with Gasteiger partial charge in [-0.05, 0) is 12.5 Å². The molecule has 23 heavy (non-hydrogen) atoms. The molecule has 1 fully saturated rings. The van der Waals surface area contributed by atoms with Gasteiger partial charge in [0.1, 0.15) is 5.82 Å². The number of sulfone groups is 1. The Bertz CT molecular complexity index is 805. The van der Waals surface area contributed by atoms with Crippen molar-refractivity contribution in [1.29, 1.82) is 0 Å². The number of hydrogen-bond donors (Lipinski definition) is 1. The molecule has 1 aromatic heterocycles. The predicted octanol–water partition coefficient (Wildman–Crippen LogP) is 1.55. The molecule has 8 heteroatoms. The summed E-state index contributed by atoms with van der Waals surface area (Å²) < 4.78 is 38.9. The fourth-order valence-corrected chi connectivity index (χ4v) is 4.58. The zero-order valence-electron chi connectivity index (χ0n) is 12.3. The number of H-pyrrole nitrogens is 1. The van der Waals surface area contributed by atoms with E-state index in [9.17, 15) is 17.6 Å². The topological polar surface area (TPSA) is 83.1 Å². The molecular weight excluding hydrogens is 321 g/mol. The zero-order valence-corrected chi connectivity index (χ0v) is 13.1. The SMILES string of the molecule is O=C(c1cn[nH]c1)N1CC[C@H](c2ccccc2F)S(=O)(=O)CC1. The summed E-state index contributed by atoms with van der Waals surface area (Å²) in [6.07, 6.45) is 3.04. The van der Waals surface area contributed by atoms with E-state index in [0.717, 1.165) is 0 Å². The minimum absolute atomic E-state index is 0.0945. The first kappa shape index (κ1) is 15.7. The summed E-state index contributed by atoms with van der Waals surface area (Å²) in [5.74, 6) is -0.992. The van der Waals surface area contributed by atoms with E-state index in [2.05, 4.69) is 10.2 Å². The molecule has 0 aliphatic carbocycles. The minimum Gasteiger partial charge on any atom is -0.337 e. The van der Waals surface area contributed by atoms with Gasteiger partial charge in [-0.1, -0.05) is 18.2 Å². The van der Waals surface area contributed by atoms with Gasteiger partial charge in [-0.25, -0.2) is 12.8 Å². The monoisotopic (exact) mass is 337 g/mol. The highest BCUT2D eigenvalue weighted by Gasteiger charge is 2.34. The number of carbonyl (C=O) groups is 1. The quantitative estimate of drug-likeness (QED) is 0.901. The van der Waals surface area contributed by atoms with Crippen molar-refractivity contribution in [3.63, 3.8) is 0 Å². The maximum absolute atomic E-state index is 14.0. The van der Waals surface area contributed by atoms with E-state index < -0.39 is 20.9 Å². The third-order valence-corrected chi connectivity index (χ3v) is 6.13. The third kappa shape index (κ3) is 3.12. The summed E-state index contributed by atoms with van der Waals surface area (Å²) in [4.78, 5) is 13.8. The highest BCUT2D eigenvalue weighted by atomic mass is 32.2. The lowest BCUT2D eigenvalue weighted by Crippen LogP contribution is -2.33. The normalized spacial score (nSPS) is 20.9. The molecule has 2 aromatic rings. The molecule has 3 rings (SSSR count). The summed E-state index contributed by atoms with van der Waals surface area (Å²) >= 11 is 0. The Balaban J connectivity index is 1.86. The standard InChI is InChI=1S/C15H16FN3O3S/c16-13-4-2-1-3-12(13)14-5-6-19(7-8-23(14,21)22)15(20)11-9-17-18-10-11/h1-4,9-10,14H,5-8H2,(H,17,18)/t14-/m1/s1. The van der Waals surface area contributed by atoms with Crippen LogP contribution in [0.3, 0.4) is 0 Å². The maximum Gasteiger partial charge on any atom is 0.257 e. The largest absolute Gasteiger partial charge is 0.337 e. The molecule has 1 aliphatic rings. The number of halogens is 1. The van der Waals surface area contributed by atoms with E-state index in [1.807, 2.05) is 0 Å². The van der Waals surface area contributed by atoms with Gasteiger partial charge in [0.2, 0.25) is 0 Å². The van der Waals surface area contributed by atoms with Crippen LogP contribution in [0.4, 0.5) is 4.39 Å². The summed E-state index contributed by atoms with van der Waals surface area (Å²) in [6, 6.07) is 5.89. The van der Waals surface area contributed by atoms with Crippen molar-refractivity contribution >= 4 is 15.7 Å². The second-order valence-electron chi connectivity index (χ2n) is 5.44. The number of nitrogens with zero attached hydrogens (tertiary/aromatic N) is 2. The third-order valence-electron chi connectivity index (χ3n) is 4.02. The number of carbonyl (C=O) groups excluding carboxylic acids is 1. The number of amides is 1. The highest BCUT2D eigenvalue weighted by Crippen LogP contribution is 2.31. The van der Waals surface area contributed by atoms with Crippen molar-refractivity contribution in [2.45, 2.75) is 11.7 Å². The lowest BCUT2D eigenvalue weighted by atomic mass is 10.1. The predicted molar refractivity (Wildman–Crippen MR) is 82.0 cm³/mol. The van der Waals surface area contributed by atoms with Gasteiger partial charge in [0.15, 0.2) is 9.84 Å². The number of aromatic amines is 1. The van der Waals surface area contributed by atoms with Gasteiger partial charge >= 0.3 is 0 Å². The molecule has 1 aliphatic heterocycles. The van der Waals surface area contributed by atoms with Crippen LogP contribution in [-0.2, 0) is 9.84 Å². The maximum atomic E-state index is 14.0. The van der Waals surface area contributed by atoms with Crippen LogP contribution in [-0.4, -0.2) is 48.3 Å². The van der Waals surface area contributed by atoms with E-state index in [4.69, 9.17) is 0 Å². The molecule has 1 atom stereocenters. The van der Waals surface area contributed by atoms with Crippen LogP contribution in [0.5, 0.6) is 0 Å². The molecule has 1 aromatic carbocycles. The Morgan fingerprint density at radius 3 is 2.78 bits per heavy atom. The zero-order chi connectivity index (χ0) is 16.4. The number of nitrogens with one attached hydrogen (secondary N) is 1. The molecule has 1 N–H and O–H groups in total. The fourth-order valence-electron chi connectivity index (χ4n) is 2.78. The molecule has 0 radical (unpaired) electrons. The Labute approximate surface area is 133 Å². The van der Waals surface area contributed by atoms with Crippen molar-refractivity contribution in [2.75, 3.05) is 18.8 Å².